The van der Waals surface area contributed by atoms with Gasteiger partial charge in [0.05, 0.1) is 18.5 Å². The van der Waals surface area contributed by atoms with Crippen LogP contribution in [0.3, 0.4) is 0 Å². The topological polar surface area (TPSA) is 199 Å². The zero-order valence-electron chi connectivity index (χ0n) is 16.2. The van der Waals surface area contributed by atoms with Crippen LogP contribution in [0.15, 0.2) is 5.16 Å². The zero-order valence-corrected chi connectivity index (χ0v) is 17.8. The maximum Gasteiger partial charge on any atom is 0.243 e. The van der Waals surface area contributed by atoms with Crippen LogP contribution in [0.2, 0.25) is 0 Å². The zero-order chi connectivity index (χ0) is 22.2. The number of carboxylic acids is 2. The van der Waals surface area contributed by atoms with Crippen molar-refractivity contribution in [1.29, 1.82) is 0 Å². The summed E-state index contributed by atoms with van der Waals surface area (Å²) in [6.45, 7) is -0.725. The first-order valence-corrected chi connectivity index (χ1v) is 11.2. The van der Waals surface area contributed by atoms with Crippen LogP contribution >= 0.6 is 23.5 Å². The molecule has 0 aliphatic carbocycles. The van der Waals surface area contributed by atoms with Crippen LogP contribution < -0.4 is 26.6 Å². The van der Waals surface area contributed by atoms with Gasteiger partial charge in [-0.05, 0) is 31.3 Å². The minimum absolute atomic E-state index is 0.000825. The van der Waals surface area contributed by atoms with E-state index in [0.29, 0.717) is 11.5 Å². The van der Waals surface area contributed by atoms with Crippen molar-refractivity contribution in [2.45, 2.75) is 44.2 Å². The van der Waals surface area contributed by atoms with Crippen LogP contribution in [-0.4, -0.2) is 70.4 Å². The van der Waals surface area contributed by atoms with Gasteiger partial charge in [0, 0.05) is 18.6 Å². The molecule has 2 atom stereocenters. The van der Waals surface area contributed by atoms with E-state index in [9.17, 15) is 29.4 Å². The summed E-state index contributed by atoms with van der Waals surface area (Å²) in [6.07, 6.45) is 3.92. The summed E-state index contributed by atoms with van der Waals surface area (Å²) in [5.41, 5.74) is 3.34. The number of hydrogen-bond donors (Lipinski definition) is 4. The van der Waals surface area contributed by atoms with Crippen molar-refractivity contribution in [3.63, 3.8) is 0 Å². The van der Waals surface area contributed by atoms with Gasteiger partial charge in [-0.3, -0.25) is 9.59 Å². The molecule has 0 saturated heterocycles. The Bertz CT molecular complexity index is 590. The maximum atomic E-state index is 12.2. The molecule has 0 bridgehead atoms. The monoisotopic (exact) mass is 451 g/mol. The Morgan fingerprint density at radius 1 is 1.17 bits per heavy atom. The van der Waals surface area contributed by atoms with Gasteiger partial charge in [-0.25, -0.2) is 0 Å². The lowest BCUT2D eigenvalue weighted by Crippen LogP contribution is -2.68. The van der Waals surface area contributed by atoms with Crippen molar-refractivity contribution >= 4 is 52.3 Å². The smallest absolute Gasteiger partial charge is 0.243 e. The number of thioether (sulfide) groups is 2. The fourth-order valence-corrected chi connectivity index (χ4v) is 3.44. The predicted molar refractivity (Wildman–Crippen MR) is 105 cm³/mol. The first kappa shape index (κ1) is 27.0. The molecular formula is C16H27N4O7S2-. The van der Waals surface area contributed by atoms with E-state index in [4.69, 9.17) is 5.21 Å². The van der Waals surface area contributed by atoms with E-state index < -0.39 is 42.4 Å². The lowest BCUT2D eigenvalue weighted by atomic mass is 10.1. The summed E-state index contributed by atoms with van der Waals surface area (Å²) in [4.78, 5) is 45.4. The molecule has 0 fully saturated rings. The molecule has 0 unspecified atom stereocenters. The molecule has 166 valence electrons. The van der Waals surface area contributed by atoms with Crippen LogP contribution in [0.1, 0.15) is 32.1 Å². The normalized spacial score (nSPS) is 13.4. The Balaban J connectivity index is 4.78. The van der Waals surface area contributed by atoms with Gasteiger partial charge in [0.25, 0.3) is 0 Å². The van der Waals surface area contributed by atoms with Crippen LogP contribution in [0.5, 0.6) is 0 Å². The van der Waals surface area contributed by atoms with E-state index in [1.807, 2.05) is 6.26 Å². The summed E-state index contributed by atoms with van der Waals surface area (Å²) in [7, 11) is 0. The van der Waals surface area contributed by atoms with Crippen molar-refractivity contribution in [1.82, 2.24) is 10.6 Å². The molecule has 0 heterocycles. The molecule has 6 N–H and O–H groups in total. The largest absolute Gasteiger partial charge is 0.548 e. The van der Waals surface area contributed by atoms with Gasteiger partial charge in [-0.1, -0.05) is 5.16 Å². The highest BCUT2D eigenvalue weighted by Gasteiger charge is 2.22. The van der Waals surface area contributed by atoms with Gasteiger partial charge >= 0.3 is 0 Å². The lowest BCUT2D eigenvalue weighted by Gasteiger charge is -2.19. The van der Waals surface area contributed by atoms with Crippen LogP contribution in [0, 0.1) is 0 Å². The van der Waals surface area contributed by atoms with E-state index in [1.165, 1.54) is 0 Å². The number of aliphatic carboxylic acids is 2. The molecule has 0 saturated carbocycles. The van der Waals surface area contributed by atoms with E-state index >= 15 is 0 Å². The Kier molecular flexibility index (Phi) is 14.8. The molecule has 11 nitrogen and oxygen atoms in total. The predicted octanol–water partition coefficient (Wildman–Crippen LogP) is -3.47. The van der Waals surface area contributed by atoms with Gasteiger partial charge in [-0.2, -0.15) is 11.8 Å². The highest BCUT2D eigenvalue weighted by atomic mass is 32.2. The minimum atomic E-state index is -1.49. The molecular weight excluding hydrogens is 424 g/mol. The summed E-state index contributed by atoms with van der Waals surface area (Å²) in [5, 5.41) is 38.4. The summed E-state index contributed by atoms with van der Waals surface area (Å²) < 4.78 is 0. The molecule has 0 aliphatic heterocycles. The second-order valence-corrected chi connectivity index (χ2v) is 8.10. The third kappa shape index (κ3) is 13.8. The van der Waals surface area contributed by atoms with Crippen molar-refractivity contribution in [3.05, 3.63) is 0 Å². The Labute approximate surface area is 177 Å². The van der Waals surface area contributed by atoms with Crippen molar-refractivity contribution < 1.29 is 40.3 Å². The lowest BCUT2D eigenvalue weighted by molar-refractivity contribution is -0.438. The summed E-state index contributed by atoms with van der Waals surface area (Å²) in [6, 6.07) is -2.18. The van der Waals surface area contributed by atoms with Crippen LogP contribution in [-0.2, 0) is 19.2 Å². The third-order valence-corrected chi connectivity index (χ3v) is 5.45. The quantitative estimate of drug-likeness (QED) is 0.0642. The molecule has 0 radical (unpaired) electrons. The molecule has 29 heavy (non-hydrogen) atoms. The molecule has 0 aliphatic rings. The molecule has 0 aromatic heterocycles. The van der Waals surface area contributed by atoms with Crippen molar-refractivity contribution in [3.8, 4) is 0 Å². The summed E-state index contributed by atoms with van der Waals surface area (Å²) >= 11 is 2.76. The number of quaternary nitrogens is 1. The first-order valence-electron chi connectivity index (χ1n) is 8.84. The van der Waals surface area contributed by atoms with E-state index in [-0.39, 0.29) is 18.6 Å². The van der Waals surface area contributed by atoms with Gasteiger partial charge < -0.3 is 41.4 Å². The number of carbonyl (C=O) groups excluding carboxylic acids is 4. The van der Waals surface area contributed by atoms with Crippen LogP contribution in [0.4, 0.5) is 0 Å². The van der Waals surface area contributed by atoms with Crippen molar-refractivity contribution in [2.24, 2.45) is 5.16 Å². The Morgan fingerprint density at radius 2 is 1.86 bits per heavy atom. The molecule has 0 aromatic carbocycles. The molecule has 0 aromatic rings. The number of amides is 2. The second-order valence-electron chi connectivity index (χ2n) is 6.02. The summed E-state index contributed by atoms with van der Waals surface area (Å²) in [5.74, 6) is -3.26. The second kappa shape index (κ2) is 15.9. The SMILES string of the molecule is CSCCCC/C(=N\O)SC[C@H](NC(=O)CC[C@H]([NH3+])C(=O)[O-])C(=O)NCC(=O)[O-]. The number of oxime groups is 1. The number of carboxylic acid groups (broad SMARTS) is 2. The Hall–Kier alpha value is -1.99. The van der Waals surface area contributed by atoms with E-state index in [2.05, 4.69) is 21.5 Å². The molecule has 0 spiro atoms. The average molecular weight is 452 g/mol. The third-order valence-electron chi connectivity index (χ3n) is 3.63. The average Bonchev–Trinajstić information content (AvgIpc) is 2.68. The van der Waals surface area contributed by atoms with Crippen LogP contribution in [0.25, 0.3) is 0 Å². The van der Waals surface area contributed by atoms with Gasteiger partial charge in [0.2, 0.25) is 11.8 Å². The Morgan fingerprint density at radius 3 is 2.41 bits per heavy atom. The number of carbonyl (C=O) groups is 4. The maximum absolute atomic E-state index is 12.2. The first-order chi connectivity index (χ1) is 13.7. The molecule has 2 amide bonds. The van der Waals surface area contributed by atoms with E-state index in [1.54, 1.807) is 11.8 Å². The van der Waals surface area contributed by atoms with Gasteiger partial charge in [-0.15, -0.1) is 11.8 Å². The number of nitrogens with one attached hydrogen (secondary N) is 2. The van der Waals surface area contributed by atoms with Gasteiger partial charge in [0.1, 0.15) is 17.1 Å². The van der Waals surface area contributed by atoms with Crippen molar-refractivity contribution in [2.75, 3.05) is 24.3 Å². The number of hydrogen-bond acceptors (Lipinski definition) is 10. The van der Waals surface area contributed by atoms with E-state index in [0.717, 1.165) is 30.4 Å². The fraction of sp³-hybridized carbons (Fsp3) is 0.688. The number of rotatable bonds is 15. The molecule has 0 rings (SSSR count). The highest BCUT2D eigenvalue weighted by Crippen LogP contribution is 2.14. The van der Waals surface area contributed by atoms with Gasteiger partial charge in [0.15, 0.2) is 0 Å². The number of nitrogens with zero attached hydrogens (tertiary/aromatic N) is 1. The fourth-order valence-electron chi connectivity index (χ4n) is 2.01. The standard InChI is InChI=1S/C16H28N4O7S2/c1-28-7-3-2-4-13(20-27)29-9-11(15(24)18-8-14(22)23)19-12(21)6-5-10(17)16(25)26/h10-11,27H,2-9,17H2,1H3,(H,18,24)(H,19,21)(H,22,23)(H,25,26)/p-1/b20-13+/t10-,11-/m0/s1. The molecule has 13 heteroatoms. The highest BCUT2D eigenvalue weighted by molar-refractivity contribution is 8.14. The minimum Gasteiger partial charge on any atom is -0.548 e. The number of unbranched alkanes of at least 4 members (excludes halogenated alkanes) is 1.